The van der Waals surface area contributed by atoms with Gasteiger partial charge in [-0.15, -0.1) is 0 Å². The van der Waals surface area contributed by atoms with Crippen LogP contribution in [0.5, 0.6) is 11.5 Å². The molecule has 0 atom stereocenters. The average molecular weight is 207 g/mol. The summed E-state index contributed by atoms with van der Waals surface area (Å²) in [5.41, 5.74) is 6.96. The van der Waals surface area contributed by atoms with Crippen LogP contribution in [0, 0.1) is 6.92 Å². The lowest BCUT2D eigenvalue weighted by atomic mass is 10.2. The van der Waals surface area contributed by atoms with Crippen molar-refractivity contribution in [2.24, 2.45) is 5.73 Å². The molecule has 1 aliphatic carbocycles. The zero-order valence-electron chi connectivity index (χ0n) is 9.25. The molecule has 0 spiro atoms. The van der Waals surface area contributed by atoms with Crippen molar-refractivity contribution in [3.8, 4) is 11.5 Å². The Morgan fingerprint density at radius 3 is 2.73 bits per heavy atom. The molecule has 0 aliphatic heterocycles. The second-order valence-corrected chi connectivity index (χ2v) is 4.26. The van der Waals surface area contributed by atoms with Crippen molar-refractivity contribution in [2.75, 3.05) is 13.7 Å². The molecule has 0 saturated heterocycles. The molecule has 15 heavy (non-hydrogen) atoms. The van der Waals surface area contributed by atoms with Crippen molar-refractivity contribution in [3.63, 3.8) is 0 Å². The highest BCUT2D eigenvalue weighted by molar-refractivity contribution is 5.45. The first-order chi connectivity index (χ1) is 7.14. The van der Waals surface area contributed by atoms with Crippen LogP contribution in [-0.4, -0.2) is 19.3 Å². The van der Waals surface area contributed by atoms with Crippen LogP contribution in [0.1, 0.15) is 18.4 Å². The number of hydrogen-bond donors (Lipinski definition) is 1. The van der Waals surface area contributed by atoms with Gasteiger partial charge in [-0.2, -0.15) is 0 Å². The van der Waals surface area contributed by atoms with Crippen LogP contribution in [0.2, 0.25) is 0 Å². The number of aryl methyl sites for hydroxylation is 1. The predicted octanol–water partition coefficient (Wildman–Crippen LogP) is 1.87. The third-order valence-electron chi connectivity index (χ3n) is 2.79. The van der Waals surface area contributed by atoms with Gasteiger partial charge in [0.05, 0.1) is 12.6 Å². The molecule has 3 heteroatoms. The van der Waals surface area contributed by atoms with Crippen LogP contribution in [0.4, 0.5) is 0 Å². The van der Waals surface area contributed by atoms with E-state index in [4.69, 9.17) is 15.2 Å². The Morgan fingerprint density at radius 2 is 2.13 bits per heavy atom. The minimum atomic E-state index is -0.0900. The summed E-state index contributed by atoms with van der Waals surface area (Å²) in [5, 5.41) is 0. The molecule has 1 saturated carbocycles. The van der Waals surface area contributed by atoms with Crippen molar-refractivity contribution < 1.29 is 9.47 Å². The van der Waals surface area contributed by atoms with Crippen molar-refractivity contribution in [1.82, 2.24) is 0 Å². The summed E-state index contributed by atoms with van der Waals surface area (Å²) in [7, 11) is 1.65. The van der Waals surface area contributed by atoms with Gasteiger partial charge >= 0.3 is 0 Å². The molecule has 2 rings (SSSR count). The maximum atomic E-state index is 5.97. The molecule has 3 nitrogen and oxygen atoms in total. The van der Waals surface area contributed by atoms with E-state index in [9.17, 15) is 0 Å². The van der Waals surface area contributed by atoms with Crippen molar-refractivity contribution in [3.05, 3.63) is 23.8 Å². The maximum absolute atomic E-state index is 5.97. The number of benzene rings is 1. The van der Waals surface area contributed by atoms with Gasteiger partial charge in [-0.05, 0) is 31.4 Å². The third kappa shape index (κ3) is 2.23. The zero-order valence-corrected chi connectivity index (χ0v) is 9.25. The number of methoxy groups -OCH3 is 1. The molecule has 2 N–H and O–H groups in total. The Bertz CT molecular complexity index is 359. The summed E-state index contributed by atoms with van der Waals surface area (Å²) in [5.74, 6) is 1.59. The lowest BCUT2D eigenvalue weighted by Gasteiger charge is -2.15. The van der Waals surface area contributed by atoms with E-state index in [1.54, 1.807) is 7.11 Å². The Hall–Kier alpha value is -1.22. The van der Waals surface area contributed by atoms with Gasteiger partial charge in [-0.25, -0.2) is 0 Å². The molecular formula is C12H17NO2. The quantitative estimate of drug-likeness (QED) is 0.819. The van der Waals surface area contributed by atoms with Crippen LogP contribution in [0.3, 0.4) is 0 Å². The van der Waals surface area contributed by atoms with Crippen LogP contribution >= 0.6 is 0 Å². The lowest BCUT2D eigenvalue weighted by Crippen LogP contribution is -2.30. The zero-order chi connectivity index (χ0) is 10.9. The molecule has 0 bridgehead atoms. The summed E-state index contributed by atoms with van der Waals surface area (Å²) < 4.78 is 11.0. The SMILES string of the molecule is COc1cccc(C)c1OCC1(N)CC1. The Kier molecular flexibility index (Phi) is 2.57. The Labute approximate surface area is 90.2 Å². The molecule has 0 amide bonds. The van der Waals surface area contributed by atoms with Crippen molar-refractivity contribution >= 4 is 0 Å². The molecule has 82 valence electrons. The molecular weight excluding hydrogens is 190 g/mol. The summed E-state index contributed by atoms with van der Waals surface area (Å²) in [6, 6.07) is 5.86. The van der Waals surface area contributed by atoms with Crippen molar-refractivity contribution in [2.45, 2.75) is 25.3 Å². The van der Waals surface area contributed by atoms with Crippen molar-refractivity contribution in [1.29, 1.82) is 0 Å². The second kappa shape index (κ2) is 3.74. The highest BCUT2D eigenvalue weighted by Gasteiger charge is 2.39. The fourth-order valence-electron chi connectivity index (χ4n) is 1.49. The van der Waals surface area contributed by atoms with Gasteiger partial charge in [-0.3, -0.25) is 0 Å². The van der Waals surface area contributed by atoms with Gasteiger partial charge in [-0.1, -0.05) is 12.1 Å². The normalized spacial score (nSPS) is 17.3. The van der Waals surface area contributed by atoms with E-state index in [0.717, 1.165) is 29.9 Å². The van der Waals surface area contributed by atoms with Gasteiger partial charge in [0.2, 0.25) is 0 Å². The molecule has 1 aromatic carbocycles. The van der Waals surface area contributed by atoms with Gasteiger partial charge in [0.1, 0.15) is 6.61 Å². The first-order valence-corrected chi connectivity index (χ1v) is 5.20. The molecule has 1 fully saturated rings. The maximum Gasteiger partial charge on any atom is 0.164 e. The minimum absolute atomic E-state index is 0.0900. The highest BCUT2D eigenvalue weighted by atomic mass is 16.5. The second-order valence-electron chi connectivity index (χ2n) is 4.26. The summed E-state index contributed by atoms with van der Waals surface area (Å²) in [6.07, 6.45) is 2.11. The monoisotopic (exact) mass is 207 g/mol. The predicted molar refractivity (Wildman–Crippen MR) is 59.4 cm³/mol. The molecule has 0 aromatic heterocycles. The first-order valence-electron chi connectivity index (χ1n) is 5.20. The van der Waals surface area contributed by atoms with Gasteiger partial charge in [0, 0.05) is 0 Å². The Morgan fingerprint density at radius 1 is 1.40 bits per heavy atom. The molecule has 0 unspecified atom stereocenters. The fraction of sp³-hybridized carbons (Fsp3) is 0.500. The summed E-state index contributed by atoms with van der Waals surface area (Å²) in [4.78, 5) is 0. The molecule has 1 aliphatic rings. The third-order valence-corrected chi connectivity index (χ3v) is 2.79. The van der Waals surface area contributed by atoms with Gasteiger partial charge in [0.25, 0.3) is 0 Å². The van der Waals surface area contributed by atoms with Crippen LogP contribution in [0.15, 0.2) is 18.2 Å². The topological polar surface area (TPSA) is 44.5 Å². The number of hydrogen-bond acceptors (Lipinski definition) is 3. The largest absolute Gasteiger partial charge is 0.493 e. The standard InChI is InChI=1S/C12H17NO2/c1-9-4-3-5-10(14-2)11(9)15-8-12(13)6-7-12/h3-5H,6-8,13H2,1-2H3. The van der Waals surface area contributed by atoms with Crippen LogP contribution in [0.25, 0.3) is 0 Å². The number of para-hydroxylation sites is 1. The Balaban J connectivity index is 2.11. The number of nitrogens with two attached hydrogens (primary N) is 1. The number of ether oxygens (including phenoxy) is 2. The smallest absolute Gasteiger partial charge is 0.164 e. The molecule has 1 aromatic rings. The minimum Gasteiger partial charge on any atom is -0.493 e. The number of rotatable bonds is 4. The van der Waals surface area contributed by atoms with E-state index < -0.39 is 0 Å². The van der Waals surface area contributed by atoms with E-state index in [0.29, 0.717) is 6.61 Å². The van der Waals surface area contributed by atoms with Crippen LogP contribution in [-0.2, 0) is 0 Å². The van der Waals surface area contributed by atoms with E-state index in [1.165, 1.54) is 0 Å². The average Bonchev–Trinajstić information content (AvgIpc) is 2.95. The first kappa shape index (κ1) is 10.3. The molecule has 0 radical (unpaired) electrons. The lowest BCUT2D eigenvalue weighted by molar-refractivity contribution is 0.262. The van der Waals surface area contributed by atoms with E-state index in [-0.39, 0.29) is 5.54 Å². The fourth-order valence-corrected chi connectivity index (χ4v) is 1.49. The van der Waals surface area contributed by atoms with E-state index in [1.807, 2.05) is 25.1 Å². The van der Waals surface area contributed by atoms with E-state index in [2.05, 4.69) is 0 Å². The summed E-state index contributed by atoms with van der Waals surface area (Å²) >= 11 is 0. The molecule has 0 heterocycles. The van der Waals surface area contributed by atoms with Gasteiger partial charge < -0.3 is 15.2 Å². The van der Waals surface area contributed by atoms with E-state index >= 15 is 0 Å². The summed E-state index contributed by atoms with van der Waals surface area (Å²) in [6.45, 7) is 2.59. The highest BCUT2D eigenvalue weighted by Crippen LogP contribution is 2.36. The van der Waals surface area contributed by atoms with Gasteiger partial charge in [0.15, 0.2) is 11.5 Å². The van der Waals surface area contributed by atoms with Crippen LogP contribution < -0.4 is 15.2 Å².